The minimum absolute atomic E-state index is 0.0976. The van der Waals surface area contributed by atoms with Gasteiger partial charge in [0, 0.05) is 13.1 Å². The molecule has 64 valence electrons. The first-order chi connectivity index (χ1) is 5.75. The number of fused-ring (bicyclic) bond motifs is 1. The second-order valence-electron chi connectivity index (χ2n) is 2.72. The summed E-state index contributed by atoms with van der Waals surface area (Å²) in [6, 6.07) is -0.678. The van der Waals surface area contributed by atoms with Gasteiger partial charge in [-0.2, -0.15) is 4.99 Å². The molecule has 0 aromatic heterocycles. The number of amides is 4. The van der Waals surface area contributed by atoms with Gasteiger partial charge in [-0.3, -0.25) is 5.32 Å². The first-order valence-corrected chi connectivity index (χ1v) is 3.67. The van der Waals surface area contributed by atoms with E-state index in [1.165, 1.54) is 0 Å². The van der Waals surface area contributed by atoms with Crippen molar-refractivity contribution in [2.45, 2.75) is 0 Å². The highest BCUT2D eigenvalue weighted by molar-refractivity contribution is 6.06. The molecule has 0 aromatic rings. The Hall–Kier alpha value is -1.59. The predicted molar refractivity (Wildman–Crippen MR) is 40.9 cm³/mol. The largest absolute Gasteiger partial charge is 0.342 e. The van der Waals surface area contributed by atoms with Crippen LogP contribution in [-0.4, -0.2) is 31.0 Å². The Morgan fingerprint density at radius 2 is 2.00 bits per heavy atom. The standard InChI is InChI=1S/C6H8N4O2/c11-5-7-1-3-2-8-6(12)10-4(3)9-5/h3H,1-2H2,(H3,7,8,9,10,11,12). The molecule has 1 atom stereocenters. The predicted octanol–water partition coefficient (Wildman–Crippen LogP) is -0.963. The van der Waals surface area contributed by atoms with Crippen LogP contribution in [0.5, 0.6) is 0 Å². The minimum Gasteiger partial charge on any atom is -0.337 e. The fraction of sp³-hybridized carbons (Fsp3) is 0.500. The molecule has 2 heterocycles. The molecule has 1 fully saturated rings. The van der Waals surface area contributed by atoms with Crippen molar-refractivity contribution in [3.05, 3.63) is 0 Å². The van der Waals surface area contributed by atoms with Gasteiger partial charge in [0.15, 0.2) is 0 Å². The quantitative estimate of drug-likeness (QED) is 0.435. The fourth-order valence-electron chi connectivity index (χ4n) is 1.22. The summed E-state index contributed by atoms with van der Waals surface area (Å²) < 4.78 is 0. The van der Waals surface area contributed by atoms with Crippen molar-refractivity contribution in [3.8, 4) is 0 Å². The van der Waals surface area contributed by atoms with Crippen molar-refractivity contribution >= 4 is 17.9 Å². The van der Waals surface area contributed by atoms with Crippen LogP contribution in [0.4, 0.5) is 9.59 Å². The number of hydrogen-bond donors (Lipinski definition) is 3. The molecule has 3 N–H and O–H groups in total. The van der Waals surface area contributed by atoms with E-state index in [4.69, 9.17) is 0 Å². The summed E-state index contributed by atoms with van der Waals surface area (Å²) in [6.07, 6.45) is 0. The van der Waals surface area contributed by atoms with E-state index >= 15 is 0 Å². The molecule has 1 saturated heterocycles. The van der Waals surface area contributed by atoms with E-state index in [9.17, 15) is 9.59 Å². The number of urea groups is 2. The molecule has 12 heavy (non-hydrogen) atoms. The Kier molecular flexibility index (Phi) is 1.46. The molecule has 4 amide bonds. The molecular formula is C6H8N4O2. The van der Waals surface area contributed by atoms with E-state index < -0.39 is 0 Å². The van der Waals surface area contributed by atoms with Crippen molar-refractivity contribution in [3.63, 3.8) is 0 Å². The van der Waals surface area contributed by atoms with E-state index in [2.05, 4.69) is 20.9 Å². The van der Waals surface area contributed by atoms with E-state index in [-0.39, 0.29) is 18.0 Å². The average molecular weight is 168 g/mol. The normalized spacial score (nSPS) is 27.7. The molecule has 0 spiro atoms. The van der Waals surface area contributed by atoms with Crippen molar-refractivity contribution in [1.29, 1.82) is 0 Å². The van der Waals surface area contributed by atoms with Crippen LogP contribution in [-0.2, 0) is 0 Å². The monoisotopic (exact) mass is 168 g/mol. The molecule has 2 aliphatic heterocycles. The van der Waals surface area contributed by atoms with Crippen LogP contribution in [0.1, 0.15) is 0 Å². The molecule has 0 bridgehead atoms. The van der Waals surface area contributed by atoms with Gasteiger partial charge in [-0.15, -0.1) is 0 Å². The summed E-state index contributed by atoms with van der Waals surface area (Å²) in [7, 11) is 0. The van der Waals surface area contributed by atoms with E-state index in [1.54, 1.807) is 0 Å². The van der Waals surface area contributed by atoms with Crippen molar-refractivity contribution < 1.29 is 9.59 Å². The number of nitrogens with one attached hydrogen (secondary N) is 3. The maximum Gasteiger partial charge on any atom is 0.342 e. The Labute approximate surface area is 68.4 Å². The Balaban J connectivity index is 2.20. The third-order valence-electron chi connectivity index (χ3n) is 1.86. The summed E-state index contributed by atoms with van der Waals surface area (Å²) in [5.74, 6) is 0.572. The third-order valence-corrected chi connectivity index (χ3v) is 1.86. The number of carbonyl (C=O) groups excluding carboxylic acids is 2. The highest BCUT2D eigenvalue weighted by Gasteiger charge is 2.28. The molecule has 1 unspecified atom stereocenters. The lowest BCUT2D eigenvalue weighted by atomic mass is 10.1. The Morgan fingerprint density at radius 1 is 1.25 bits per heavy atom. The lowest BCUT2D eigenvalue weighted by molar-refractivity contribution is 0.237. The number of amidine groups is 1. The summed E-state index contributed by atoms with van der Waals surface area (Å²) in [5.41, 5.74) is 0. The van der Waals surface area contributed by atoms with Crippen molar-refractivity contribution in [2.24, 2.45) is 10.9 Å². The molecular weight excluding hydrogens is 160 g/mol. The molecule has 2 rings (SSSR count). The third kappa shape index (κ3) is 1.11. The zero-order chi connectivity index (χ0) is 8.55. The van der Waals surface area contributed by atoms with Gasteiger partial charge in [0.05, 0.1) is 5.92 Å². The number of hydrogen-bond acceptors (Lipinski definition) is 2. The van der Waals surface area contributed by atoms with Crippen LogP contribution in [0.25, 0.3) is 0 Å². The van der Waals surface area contributed by atoms with Crippen LogP contribution in [0.2, 0.25) is 0 Å². The summed E-state index contributed by atoms with van der Waals surface area (Å²) >= 11 is 0. The summed E-state index contributed by atoms with van der Waals surface area (Å²) in [5, 5.41) is 7.68. The molecule has 0 aromatic carbocycles. The van der Waals surface area contributed by atoms with Gasteiger partial charge in [0.1, 0.15) is 5.84 Å². The molecule has 6 nitrogen and oxygen atoms in total. The molecule has 0 aliphatic carbocycles. The van der Waals surface area contributed by atoms with E-state index in [0.717, 1.165) is 0 Å². The lowest BCUT2D eigenvalue weighted by Crippen LogP contribution is -2.57. The summed E-state index contributed by atoms with van der Waals surface area (Å²) in [4.78, 5) is 25.2. The van der Waals surface area contributed by atoms with Crippen LogP contribution >= 0.6 is 0 Å². The van der Waals surface area contributed by atoms with Gasteiger partial charge in [0.2, 0.25) is 0 Å². The average Bonchev–Trinajstić information content (AvgIpc) is 2.03. The zero-order valence-electron chi connectivity index (χ0n) is 6.26. The number of carbonyl (C=O) groups is 2. The van der Waals surface area contributed by atoms with Crippen LogP contribution in [0.15, 0.2) is 4.99 Å². The SMILES string of the molecule is O=C1N=C2NC(=O)NCC2CN1. The van der Waals surface area contributed by atoms with Gasteiger partial charge in [-0.05, 0) is 0 Å². The second-order valence-corrected chi connectivity index (χ2v) is 2.72. The second kappa shape index (κ2) is 2.47. The number of rotatable bonds is 0. The maximum absolute atomic E-state index is 10.8. The fourth-order valence-corrected chi connectivity index (χ4v) is 1.22. The summed E-state index contributed by atoms with van der Waals surface area (Å²) in [6.45, 7) is 1.07. The van der Waals surface area contributed by atoms with Crippen LogP contribution < -0.4 is 16.0 Å². The molecule has 0 saturated carbocycles. The topological polar surface area (TPSA) is 82.6 Å². The highest BCUT2D eigenvalue weighted by Crippen LogP contribution is 2.04. The first-order valence-electron chi connectivity index (χ1n) is 3.67. The smallest absolute Gasteiger partial charge is 0.337 e. The zero-order valence-corrected chi connectivity index (χ0v) is 6.26. The molecule has 2 aliphatic rings. The van der Waals surface area contributed by atoms with Crippen molar-refractivity contribution in [2.75, 3.05) is 13.1 Å². The minimum atomic E-state index is -0.386. The van der Waals surface area contributed by atoms with E-state index in [1.807, 2.05) is 0 Å². The lowest BCUT2D eigenvalue weighted by Gasteiger charge is -2.27. The van der Waals surface area contributed by atoms with E-state index in [0.29, 0.717) is 18.9 Å². The van der Waals surface area contributed by atoms with Crippen LogP contribution in [0.3, 0.4) is 0 Å². The van der Waals surface area contributed by atoms with Gasteiger partial charge >= 0.3 is 12.1 Å². The Morgan fingerprint density at radius 3 is 2.83 bits per heavy atom. The van der Waals surface area contributed by atoms with Crippen LogP contribution in [0, 0.1) is 5.92 Å². The number of nitrogens with zero attached hydrogens (tertiary/aromatic N) is 1. The van der Waals surface area contributed by atoms with Gasteiger partial charge in [-0.1, -0.05) is 0 Å². The highest BCUT2D eigenvalue weighted by atomic mass is 16.2. The Bertz CT molecular complexity index is 273. The molecule has 0 radical (unpaired) electrons. The number of aliphatic imine (C=N–C) groups is 1. The molecule has 6 heteroatoms. The van der Waals surface area contributed by atoms with Crippen molar-refractivity contribution in [1.82, 2.24) is 16.0 Å². The van der Waals surface area contributed by atoms with Gasteiger partial charge in [0.25, 0.3) is 0 Å². The van der Waals surface area contributed by atoms with Gasteiger partial charge in [-0.25, -0.2) is 9.59 Å². The first kappa shape index (κ1) is 7.08. The maximum atomic E-state index is 10.8. The van der Waals surface area contributed by atoms with Gasteiger partial charge < -0.3 is 10.6 Å².